The minimum Gasteiger partial charge on any atom is -0.469 e. The second-order valence-corrected chi connectivity index (χ2v) is 7.52. The second kappa shape index (κ2) is 10.7. The van der Waals surface area contributed by atoms with Gasteiger partial charge in [-0.05, 0) is 45.4 Å². The first-order valence-electron chi connectivity index (χ1n) is 9.42. The van der Waals surface area contributed by atoms with Crippen molar-refractivity contribution in [3.05, 3.63) is 0 Å². The molecular weight excluding hydrogens is 306 g/mol. The quantitative estimate of drug-likeness (QED) is 0.442. The third kappa shape index (κ3) is 7.20. The molecule has 0 spiro atoms. The number of rotatable bonds is 10. The van der Waals surface area contributed by atoms with E-state index in [1.165, 1.54) is 13.5 Å². The summed E-state index contributed by atoms with van der Waals surface area (Å²) in [5.41, 5.74) is -0.469. The Hall–Kier alpha value is -1.10. The Kier molecular flexibility index (Phi) is 9.34. The van der Waals surface area contributed by atoms with Crippen molar-refractivity contribution in [3.63, 3.8) is 0 Å². The van der Waals surface area contributed by atoms with Gasteiger partial charge < -0.3 is 9.57 Å². The Morgan fingerprint density at radius 2 is 1.67 bits per heavy atom. The average Bonchev–Trinajstić information content (AvgIpc) is 2.58. The lowest BCUT2D eigenvalue weighted by atomic mass is 9.77. The molecular formula is C19H35NO4. The first kappa shape index (κ1) is 20.9. The van der Waals surface area contributed by atoms with Crippen LogP contribution >= 0.6 is 0 Å². The van der Waals surface area contributed by atoms with Crippen LogP contribution < -0.4 is 0 Å². The first-order valence-corrected chi connectivity index (χ1v) is 9.42. The molecule has 0 bridgehead atoms. The van der Waals surface area contributed by atoms with Gasteiger partial charge in [-0.2, -0.15) is 0 Å². The molecule has 0 aromatic heterocycles. The summed E-state index contributed by atoms with van der Waals surface area (Å²) in [7, 11) is 1.43. The molecule has 0 N–H and O–H groups in total. The van der Waals surface area contributed by atoms with E-state index in [2.05, 4.69) is 11.7 Å². The van der Waals surface area contributed by atoms with Crippen LogP contribution in [0.2, 0.25) is 0 Å². The lowest BCUT2D eigenvalue weighted by Crippen LogP contribution is -2.40. The summed E-state index contributed by atoms with van der Waals surface area (Å²) in [6, 6.07) is 0. The number of carbonyl (C=O) groups is 2. The molecule has 1 rings (SSSR count). The van der Waals surface area contributed by atoms with Crippen LogP contribution in [0.15, 0.2) is 0 Å². The maximum absolute atomic E-state index is 12.5. The van der Waals surface area contributed by atoms with E-state index in [9.17, 15) is 9.59 Å². The molecule has 5 heteroatoms. The van der Waals surface area contributed by atoms with E-state index in [4.69, 9.17) is 4.84 Å². The summed E-state index contributed by atoms with van der Waals surface area (Å²) in [5, 5.41) is 1.83. The molecule has 0 aliphatic carbocycles. The van der Waals surface area contributed by atoms with Crippen molar-refractivity contribution in [2.45, 2.75) is 78.6 Å². The van der Waals surface area contributed by atoms with Gasteiger partial charge >= 0.3 is 11.9 Å². The smallest absolute Gasteiger partial charge is 0.330 e. The summed E-state index contributed by atoms with van der Waals surface area (Å²) >= 11 is 0. The summed E-state index contributed by atoms with van der Waals surface area (Å²) in [5.74, 6) is 0.0305. The lowest BCUT2D eigenvalue weighted by Gasteiger charge is -2.33. The van der Waals surface area contributed by atoms with Crippen LogP contribution in [0.25, 0.3) is 0 Å². The fourth-order valence-corrected chi connectivity index (χ4v) is 2.93. The molecule has 0 aromatic carbocycles. The van der Waals surface area contributed by atoms with Gasteiger partial charge in [0.05, 0.1) is 12.5 Å². The van der Waals surface area contributed by atoms with Crippen molar-refractivity contribution >= 4 is 11.9 Å². The van der Waals surface area contributed by atoms with Gasteiger partial charge in [0, 0.05) is 19.5 Å². The molecule has 1 aliphatic heterocycles. The van der Waals surface area contributed by atoms with E-state index in [-0.39, 0.29) is 17.9 Å². The summed E-state index contributed by atoms with van der Waals surface area (Å²) in [4.78, 5) is 29.2. The molecule has 1 atom stereocenters. The van der Waals surface area contributed by atoms with E-state index in [1.54, 1.807) is 0 Å². The molecule has 1 aliphatic rings. The molecule has 5 nitrogen and oxygen atoms in total. The molecule has 0 saturated carbocycles. The monoisotopic (exact) mass is 341 g/mol. The van der Waals surface area contributed by atoms with Crippen LogP contribution in [0.4, 0.5) is 0 Å². The van der Waals surface area contributed by atoms with Crippen LogP contribution in [0.3, 0.4) is 0 Å². The highest BCUT2D eigenvalue weighted by molar-refractivity contribution is 5.76. The molecule has 0 radical (unpaired) electrons. The van der Waals surface area contributed by atoms with Crippen molar-refractivity contribution in [1.29, 1.82) is 0 Å². The fraction of sp³-hybridized carbons (Fsp3) is 0.895. The Morgan fingerprint density at radius 3 is 2.29 bits per heavy atom. The van der Waals surface area contributed by atoms with Crippen LogP contribution in [0, 0.1) is 11.3 Å². The lowest BCUT2D eigenvalue weighted by molar-refractivity contribution is -0.207. The van der Waals surface area contributed by atoms with Crippen molar-refractivity contribution in [3.8, 4) is 0 Å². The second-order valence-electron chi connectivity index (χ2n) is 7.52. The predicted molar refractivity (Wildman–Crippen MR) is 94.2 cm³/mol. The van der Waals surface area contributed by atoms with Crippen molar-refractivity contribution < 1.29 is 19.2 Å². The van der Waals surface area contributed by atoms with Gasteiger partial charge in [-0.3, -0.25) is 4.79 Å². The standard InChI is InChI=1S/C19H35NO4/c1-16(12-8-5-6-9-13-17(21)23-4)19(2,3)18(22)24-20-14-10-7-11-15-20/h16H,5-15H2,1-4H3. The average molecular weight is 341 g/mol. The molecule has 1 heterocycles. The topological polar surface area (TPSA) is 55.8 Å². The minimum absolute atomic E-state index is 0.109. The molecule has 0 aromatic rings. The Bertz CT molecular complexity index is 389. The number of hydrogen-bond acceptors (Lipinski definition) is 5. The Labute approximate surface area is 147 Å². The number of hydroxylamine groups is 2. The zero-order valence-electron chi connectivity index (χ0n) is 15.9. The van der Waals surface area contributed by atoms with Crippen molar-refractivity contribution in [2.24, 2.45) is 11.3 Å². The van der Waals surface area contributed by atoms with Gasteiger partial charge in [-0.1, -0.05) is 32.6 Å². The van der Waals surface area contributed by atoms with Gasteiger partial charge in [0.1, 0.15) is 0 Å². The highest BCUT2D eigenvalue weighted by atomic mass is 16.7. The third-order valence-corrected chi connectivity index (χ3v) is 5.28. The maximum atomic E-state index is 12.5. The molecule has 0 amide bonds. The summed E-state index contributed by atoms with van der Waals surface area (Å²) < 4.78 is 4.63. The number of ether oxygens (including phenoxy) is 1. The van der Waals surface area contributed by atoms with Gasteiger partial charge in [-0.15, -0.1) is 5.06 Å². The molecule has 140 valence electrons. The zero-order chi connectivity index (χ0) is 18.0. The van der Waals surface area contributed by atoms with Crippen molar-refractivity contribution in [2.75, 3.05) is 20.2 Å². The van der Waals surface area contributed by atoms with Gasteiger partial charge in [0.15, 0.2) is 0 Å². The van der Waals surface area contributed by atoms with Gasteiger partial charge in [0.25, 0.3) is 0 Å². The normalized spacial score (nSPS) is 17.3. The van der Waals surface area contributed by atoms with Crippen LogP contribution in [0.1, 0.15) is 78.6 Å². The van der Waals surface area contributed by atoms with Crippen LogP contribution in [0.5, 0.6) is 0 Å². The molecule has 1 fully saturated rings. The Morgan fingerprint density at radius 1 is 1.04 bits per heavy atom. The van der Waals surface area contributed by atoms with E-state index in [0.29, 0.717) is 6.42 Å². The fourth-order valence-electron chi connectivity index (χ4n) is 2.93. The Balaban J connectivity index is 2.24. The minimum atomic E-state index is -0.469. The summed E-state index contributed by atoms with van der Waals surface area (Å²) in [6.07, 6.45) is 9.00. The SMILES string of the molecule is COC(=O)CCCCCCC(C)C(C)(C)C(=O)ON1CCCCC1. The number of nitrogens with zero attached hydrogens (tertiary/aromatic N) is 1. The van der Waals surface area contributed by atoms with Crippen LogP contribution in [-0.2, 0) is 19.2 Å². The highest BCUT2D eigenvalue weighted by Crippen LogP contribution is 2.32. The number of esters is 1. The number of methoxy groups -OCH3 is 1. The molecule has 1 unspecified atom stereocenters. The molecule has 24 heavy (non-hydrogen) atoms. The number of piperidine rings is 1. The van der Waals surface area contributed by atoms with E-state index in [1.807, 2.05) is 18.9 Å². The zero-order valence-corrected chi connectivity index (χ0v) is 15.9. The number of unbranched alkanes of at least 4 members (excludes halogenated alkanes) is 3. The molecule has 1 saturated heterocycles. The largest absolute Gasteiger partial charge is 0.469 e. The van der Waals surface area contributed by atoms with Gasteiger partial charge in [0.2, 0.25) is 0 Å². The highest BCUT2D eigenvalue weighted by Gasteiger charge is 2.36. The number of hydrogen-bond donors (Lipinski definition) is 0. The maximum Gasteiger partial charge on any atom is 0.330 e. The van der Waals surface area contributed by atoms with Crippen molar-refractivity contribution in [1.82, 2.24) is 5.06 Å². The van der Waals surface area contributed by atoms with Crippen LogP contribution in [-0.4, -0.2) is 37.2 Å². The predicted octanol–water partition coefficient (Wildman–Crippen LogP) is 4.11. The third-order valence-electron chi connectivity index (χ3n) is 5.28. The summed E-state index contributed by atoms with van der Waals surface area (Å²) in [6.45, 7) is 7.82. The van der Waals surface area contributed by atoms with E-state index >= 15 is 0 Å². The van der Waals surface area contributed by atoms with E-state index in [0.717, 1.165) is 58.0 Å². The number of carbonyl (C=O) groups excluding carboxylic acids is 2. The van der Waals surface area contributed by atoms with Gasteiger partial charge in [-0.25, -0.2) is 4.79 Å². The first-order chi connectivity index (χ1) is 11.4. The van der Waals surface area contributed by atoms with E-state index < -0.39 is 5.41 Å².